The van der Waals surface area contributed by atoms with E-state index in [1.807, 2.05) is 4.90 Å². The molecule has 1 aliphatic heterocycles. The normalized spacial score (nSPS) is 19.4. The van der Waals surface area contributed by atoms with Crippen LogP contribution in [0.1, 0.15) is 59.6 Å². The first-order valence-corrected chi connectivity index (χ1v) is 10.9. The second-order valence-electron chi connectivity index (χ2n) is 8.44. The minimum absolute atomic E-state index is 0.101. The number of carbonyl (C=O) groups is 2. The Balaban J connectivity index is 1.43. The summed E-state index contributed by atoms with van der Waals surface area (Å²) in [7, 11) is 0. The molecule has 1 saturated carbocycles. The second kappa shape index (κ2) is 9.32. The minimum Gasteiger partial charge on any atom is -0.349 e. The number of piperidine rings is 1. The molecule has 1 aliphatic carbocycles. The standard InChI is InChI=1S/C24H26F3N3O2/c25-24(26,27)17-10-8-16(9-11-17)21-7-3-4-14-30(21)15-22(31)29-20-6-2-1-5-19(20)23(32)28-18-12-13-18/h1-2,5-6,8-11,18,21H,3-4,7,12-15H2,(H,28,32)(H,29,31). The third-order valence-corrected chi connectivity index (χ3v) is 5.94. The number of para-hydroxylation sites is 1. The van der Waals surface area contributed by atoms with Crippen molar-refractivity contribution in [2.75, 3.05) is 18.4 Å². The highest BCUT2D eigenvalue weighted by atomic mass is 19.4. The van der Waals surface area contributed by atoms with Crippen LogP contribution in [0.2, 0.25) is 0 Å². The fourth-order valence-electron chi connectivity index (χ4n) is 4.11. The molecule has 8 heteroatoms. The average Bonchev–Trinajstić information content (AvgIpc) is 3.58. The Hall–Kier alpha value is -2.87. The van der Waals surface area contributed by atoms with Crippen molar-refractivity contribution < 1.29 is 22.8 Å². The van der Waals surface area contributed by atoms with Gasteiger partial charge in [-0.05, 0) is 62.1 Å². The van der Waals surface area contributed by atoms with E-state index in [4.69, 9.17) is 0 Å². The molecule has 0 radical (unpaired) electrons. The number of carbonyl (C=O) groups excluding carboxylic acids is 2. The first kappa shape index (κ1) is 22.3. The van der Waals surface area contributed by atoms with Crippen LogP contribution in [-0.4, -0.2) is 35.8 Å². The van der Waals surface area contributed by atoms with Crippen molar-refractivity contribution in [1.29, 1.82) is 0 Å². The van der Waals surface area contributed by atoms with Gasteiger partial charge in [-0.1, -0.05) is 30.7 Å². The van der Waals surface area contributed by atoms with Gasteiger partial charge in [0.05, 0.1) is 23.4 Å². The molecule has 2 N–H and O–H groups in total. The largest absolute Gasteiger partial charge is 0.416 e. The molecular formula is C24H26F3N3O2. The summed E-state index contributed by atoms with van der Waals surface area (Å²) in [6, 6.07) is 12.2. The number of anilines is 1. The Bertz CT molecular complexity index is 971. The van der Waals surface area contributed by atoms with Gasteiger partial charge in [0.2, 0.25) is 5.91 Å². The molecule has 2 aromatic rings. The molecule has 2 aromatic carbocycles. The van der Waals surface area contributed by atoms with Crippen LogP contribution < -0.4 is 10.6 Å². The molecule has 0 spiro atoms. The number of rotatable bonds is 6. The van der Waals surface area contributed by atoms with E-state index < -0.39 is 11.7 Å². The molecular weight excluding hydrogens is 419 g/mol. The van der Waals surface area contributed by atoms with E-state index in [0.717, 1.165) is 49.8 Å². The maximum atomic E-state index is 12.9. The van der Waals surface area contributed by atoms with Crippen LogP contribution >= 0.6 is 0 Å². The van der Waals surface area contributed by atoms with Crippen molar-refractivity contribution in [2.24, 2.45) is 0 Å². The van der Waals surface area contributed by atoms with E-state index in [1.165, 1.54) is 12.1 Å². The van der Waals surface area contributed by atoms with Crippen molar-refractivity contribution in [3.8, 4) is 0 Å². The highest BCUT2D eigenvalue weighted by molar-refractivity contribution is 6.04. The van der Waals surface area contributed by atoms with Gasteiger partial charge in [-0.15, -0.1) is 0 Å². The lowest BCUT2D eigenvalue weighted by molar-refractivity contribution is -0.137. The van der Waals surface area contributed by atoms with E-state index in [-0.39, 0.29) is 30.4 Å². The highest BCUT2D eigenvalue weighted by Gasteiger charge is 2.31. The molecule has 32 heavy (non-hydrogen) atoms. The zero-order valence-corrected chi connectivity index (χ0v) is 17.6. The summed E-state index contributed by atoms with van der Waals surface area (Å²) in [6.07, 6.45) is 0.225. The Labute approximate surface area is 185 Å². The summed E-state index contributed by atoms with van der Waals surface area (Å²) < 4.78 is 38.7. The number of nitrogens with zero attached hydrogens (tertiary/aromatic N) is 1. The van der Waals surface area contributed by atoms with Gasteiger partial charge in [0, 0.05) is 12.1 Å². The average molecular weight is 445 g/mol. The Morgan fingerprint density at radius 2 is 1.69 bits per heavy atom. The van der Waals surface area contributed by atoms with Gasteiger partial charge >= 0.3 is 6.18 Å². The van der Waals surface area contributed by atoms with Crippen LogP contribution in [0.4, 0.5) is 18.9 Å². The predicted octanol–water partition coefficient (Wildman–Crippen LogP) is 4.76. The molecule has 2 amide bonds. The fraction of sp³-hybridized carbons (Fsp3) is 0.417. The molecule has 5 nitrogen and oxygen atoms in total. The Kier molecular flexibility index (Phi) is 6.50. The van der Waals surface area contributed by atoms with Crippen molar-refractivity contribution in [2.45, 2.75) is 50.4 Å². The molecule has 0 aromatic heterocycles. The van der Waals surface area contributed by atoms with E-state index in [2.05, 4.69) is 10.6 Å². The first-order chi connectivity index (χ1) is 15.3. The first-order valence-electron chi connectivity index (χ1n) is 10.9. The SMILES string of the molecule is O=C(CN1CCCCC1c1ccc(C(F)(F)F)cc1)Nc1ccccc1C(=O)NC1CC1. The van der Waals surface area contributed by atoms with Crippen molar-refractivity contribution in [3.63, 3.8) is 0 Å². The van der Waals surface area contributed by atoms with Gasteiger partial charge < -0.3 is 10.6 Å². The lowest BCUT2D eigenvalue weighted by Gasteiger charge is -2.35. The summed E-state index contributed by atoms with van der Waals surface area (Å²) in [6.45, 7) is 0.785. The highest BCUT2D eigenvalue weighted by Crippen LogP contribution is 2.34. The van der Waals surface area contributed by atoms with E-state index in [9.17, 15) is 22.8 Å². The smallest absolute Gasteiger partial charge is 0.349 e. The number of hydrogen-bond acceptors (Lipinski definition) is 3. The number of halogens is 3. The Morgan fingerprint density at radius 3 is 2.38 bits per heavy atom. The van der Waals surface area contributed by atoms with Crippen LogP contribution in [0.15, 0.2) is 48.5 Å². The number of benzene rings is 2. The topological polar surface area (TPSA) is 61.4 Å². The van der Waals surface area contributed by atoms with Crippen molar-refractivity contribution in [1.82, 2.24) is 10.2 Å². The summed E-state index contributed by atoms with van der Waals surface area (Å²) in [4.78, 5) is 27.3. The lowest BCUT2D eigenvalue weighted by Crippen LogP contribution is -2.39. The molecule has 4 rings (SSSR count). The van der Waals surface area contributed by atoms with Gasteiger partial charge in [-0.2, -0.15) is 13.2 Å². The second-order valence-corrected chi connectivity index (χ2v) is 8.44. The van der Waals surface area contributed by atoms with Gasteiger partial charge in [-0.3, -0.25) is 14.5 Å². The quantitative estimate of drug-likeness (QED) is 0.674. The van der Waals surface area contributed by atoms with Crippen molar-refractivity contribution >= 4 is 17.5 Å². The maximum absolute atomic E-state index is 12.9. The molecule has 2 fully saturated rings. The molecule has 170 valence electrons. The molecule has 2 aliphatic rings. The molecule has 1 atom stereocenters. The Morgan fingerprint density at radius 1 is 0.969 bits per heavy atom. The summed E-state index contributed by atoms with van der Waals surface area (Å²) >= 11 is 0. The maximum Gasteiger partial charge on any atom is 0.416 e. The number of alkyl halides is 3. The van der Waals surface area contributed by atoms with Gasteiger partial charge in [0.1, 0.15) is 0 Å². The summed E-state index contributed by atoms with van der Waals surface area (Å²) in [5.41, 5.74) is 0.974. The number of nitrogens with one attached hydrogen (secondary N) is 2. The van der Waals surface area contributed by atoms with Crippen LogP contribution in [-0.2, 0) is 11.0 Å². The molecule has 1 unspecified atom stereocenters. The van der Waals surface area contributed by atoms with Gasteiger partial charge in [-0.25, -0.2) is 0 Å². The van der Waals surface area contributed by atoms with E-state index in [1.54, 1.807) is 24.3 Å². The predicted molar refractivity (Wildman–Crippen MR) is 115 cm³/mol. The summed E-state index contributed by atoms with van der Waals surface area (Å²) in [5, 5.41) is 5.77. The number of amides is 2. The molecule has 1 heterocycles. The van der Waals surface area contributed by atoms with E-state index >= 15 is 0 Å². The van der Waals surface area contributed by atoms with Crippen molar-refractivity contribution in [3.05, 3.63) is 65.2 Å². The third-order valence-electron chi connectivity index (χ3n) is 5.94. The number of hydrogen-bond donors (Lipinski definition) is 2. The zero-order chi connectivity index (χ0) is 22.7. The van der Waals surface area contributed by atoms with Crippen LogP contribution in [0.3, 0.4) is 0 Å². The molecule has 1 saturated heterocycles. The minimum atomic E-state index is -4.37. The zero-order valence-electron chi connectivity index (χ0n) is 17.6. The van der Waals surface area contributed by atoms with Crippen LogP contribution in [0.5, 0.6) is 0 Å². The summed E-state index contributed by atoms with van der Waals surface area (Å²) in [5.74, 6) is -0.459. The monoisotopic (exact) mass is 445 g/mol. The van der Waals surface area contributed by atoms with E-state index in [0.29, 0.717) is 17.8 Å². The van der Waals surface area contributed by atoms with Gasteiger partial charge in [0.15, 0.2) is 0 Å². The van der Waals surface area contributed by atoms with Crippen LogP contribution in [0.25, 0.3) is 0 Å². The van der Waals surface area contributed by atoms with Gasteiger partial charge in [0.25, 0.3) is 5.91 Å². The fourth-order valence-corrected chi connectivity index (χ4v) is 4.11. The van der Waals surface area contributed by atoms with Crippen LogP contribution in [0, 0.1) is 0 Å². The lowest BCUT2D eigenvalue weighted by atomic mass is 9.94. The third kappa shape index (κ3) is 5.48. The number of likely N-dealkylation sites (tertiary alicyclic amines) is 1. The molecule has 0 bridgehead atoms.